The monoisotopic (exact) mass is 336 g/mol. The molecule has 0 atom stereocenters. The van der Waals surface area contributed by atoms with Crippen LogP contribution in [-0.4, -0.2) is 37.8 Å². The van der Waals surface area contributed by atoms with Gasteiger partial charge in [0.05, 0.1) is 18.0 Å². The van der Waals surface area contributed by atoms with Crippen molar-refractivity contribution in [2.45, 2.75) is 37.8 Å². The van der Waals surface area contributed by atoms with Gasteiger partial charge in [-0.05, 0) is 31.7 Å². The number of rotatable bonds is 3. The van der Waals surface area contributed by atoms with Crippen molar-refractivity contribution in [3.05, 3.63) is 54.4 Å². The zero-order valence-corrected chi connectivity index (χ0v) is 13.8. The number of fused-ring (bicyclic) bond motifs is 1. The van der Waals surface area contributed by atoms with Gasteiger partial charge >= 0.3 is 0 Å². The van der Waals surface area contributed by atoms with E-state index in [2.05, 4.69) is 15.4 Å². The van der Waals surface area contributed by atoms with E-state index in [1.165, 1.54) is 0 Å². The number of carbonyl (C=O) groups is 1. The summed E-state index contributed by atoms with van der Waals surface area (Å²) in [4.78, 5) is 17.0. The zero-order chi connectivity index (χ0) is 17.2. The molecule has 0 saturated heterocycles. The van der Waals surface area contributed by atoms with Crippen molar-refractivity contribution in [1.82, 2.24) is 19.9 Å². The fourth-order valence-corrected chi connectivity index (χ4v) is 3.36. The van der Waals surface area contributed by atoms with Crippen LogP contribution in [0.15, 0.2) is 48.8 Å². The van der Waals surface area contributed by atoms with Crippen molar-refractivity contribution < 1.29 is 9.90 Å². The standard InChI is InChI=1S/C19H20N4O2/c24-15-8-6-14(7-9-15)22-19(25)16-12-21-23-17(10-11-20-18(16)23)13-4-2-1-3-5-13/h1-5,10-12,14-15,24H,6-9H2,(H,22,25). The van der Waals surface area contributed by atoms with Gasteiger partial charge in [-0.25, -0.2) is 9.50 Å². The van der Waals surface area contributed by atoms with Gasteiger partial charge in [-0.1, -0.05) is 30.3 Å². The summed E-state index contributed by atoms with van der Waals surface area (Å²) in [6, 6.07) is 11.9. The zero-order valence-electron chi connectivity index (χ0n) is 13.8. The maximum atomic E-state index is 12.7. The lowest BCUT2D eigenvalue weighted by molar-refractivity contribution is 0.0869. The molecule has 1 fully saturated rings. The Morgan fingerprint density at radius 1 is 1.12 bits per heavy atom. The molecule has 6 heteroatoms. The second-order valence-electron chi connectivity index (χ2n) is 6.47. The van der Waals surface area contributed by atoms with Crippen LogP contribution in [0.4, 0.5) is 0 Å². The summed E-state index contributed by atoms with van der Waals surface area (Å²) < 4.78 is 1.70. The molecule has 0 bridgehead atoms. The Hall–Kier alpha value is -2.73. The third-order valence-corrected chi connectivity index (χ3v) is 4.75. The molecule has 6 nitrogen and oxygen atoms in total. The predicted molar refractivity (Wildman–Crippen MR) is 94.2 cm³/mol. The van der Waals surface area contributed by atoms with E-state index in [0.29, 0.717) is 11.2 Å². The van der Waals surface area contributed by atoms with Crippen LogP contribution in [0.3, 0.4) is 0 Å². The Labute approximate surface area is 145 Å². The molecule has 3 aromatic rings. The van der Waals surface area contributed by atoms with E-state index >= 15 is 0 Å². The average molecular weight is 336 g/mol. The lowest BCUT2D eigenvalue weighted by Crippen LogP contribution is -2.38. The molecule has 1 saturated carbocycles. The minimum absolute atomic E-state index is 0.100. The summed E-state index contributed by atoms with van der Waals surface area (Å²) in [5.74, 6) is -0.158. The van der Waals surface area contributed by atoms with E-state index in [-0.39, 0.29) is 18.1 Å². The lowest BCUT2D eigenvalue weighted by Gasteiger charge is -2.25. The number of hydrogen-bond acceptors (Lipinski definition) is 4. The summed E-state index contributed by atoms with van der Waals surface area (Å²) >= 11 is 0. The first kappa shape index (κ1) is 15.8. The van der Waals surface area contributed by atoms with Crippen molar-refractivity contribution in [1.29, 1.82) is 0 Å². The minimum Gasteiger partial charge on any atom is -0.393 e. The normalized spacial score (nSPS) is 20.5. The number of hydrogen-bond donors (Lipinski definition) is 2. The highest BCUT2D eigenvalue weighted by Gasteiger charge is 2.23. The third-order valence-electron chi connectivity index (χ3n) is 4.75. The number of carbonyl (C=O) groups excluding carboxylic acids is 1. The van der Waals surface area contributed by atoms with Gasteiger partial charge in [0.25, 0.3) is 5.91 Å². The Bertz CT molecular complexity index is 883. The number of aliphatic hydroxyl groups excluding tert-OH is 1. The van der Waals surface area contributed by atoms with E-state index in [0.717, 1.165) is 36.9 Å². The van der Waals surface area contributed by atoms with Crippen LogP contribution in [-0.2, 0) is 0 Å². The van der Waals surface area contributed by atoms with Gasteiger partial charge in [-0.3, -0.25) is 4.79 Å². The minimum atomic E-state index is -0.236. The maximum absolute atomic E-state index is 12.7. The number of aliphatic hydroxyl groups is 1. The molecule has 0 spiro atoms. The molecule has 4 rings (SSSR count). The highest BCUT2D eigenvalue weighted by atomic mass is 16.3. The van der Waals surface area contributed by atoms with Gasteiger partial charge < -0.3 is 10.4 Å². The van der Waals surface area contributed by atoms with Crippen LogP contribution in [0.25, 0.3) is 16.9 Å². The second-order valence-corrected chi connectivity index (χ2v) is 6.47. The van der Waals surface area contributed by atoms with Crippen molar-refractivity contribution in [2.75, 3.05) is 0 Å². The average Bonchev–Trinajstić information content (AvgIpc) is 3.08. The molecule has 0 aliphatic heterocycles. The maximum Gasteiger partial charge on any atom is 0.256 e. The van der Waals surface area contributed by atoms with Crippen LogP contribution in [0.5, 0.6) is 0 Å². The molecule has 1 aliphatic rings. The summed E-state index contributed by atoms with van der Waals surface area (Å²) in [7, 11) is 0. The van der Waals surface area contributed by atoms with Gasteiger partial charge in [0.15, 0.2) is 5.65 Å². The van der Waals surface area contributed by atoms with Crippen LogP contribution in [0.1, 0.15) is 36.0 Å². The van der Waals surface area contributed by atoms with Crippen LogP contribution in [0.2, 0.25) is 0 Å². The van der Waals surface area contributed by atoms with Crippen molar-refractivity contribution >= 4 is 11.6 Å². The van der Waals surface area contributed by atoms with Gasteiger partial charge in [0.1, 0.15) is 5.56 Å². The largest absolute Gasteiger partial charge is 0.393 e. The highest BCUT2D eigenvalue weighted by Crippen LogP contribution is 2.22. The lowest BCUT2D eigenvalue weighted by atomic mass is 9.93. The van der Waals surface area contributed by atoms with E-state index in [4.69, 9.17) is 0 Å². The predicted octanol–water partition coefficient (Wildman–Crippen LogP) is 2.43. The first-order valence-corrected chi connectivity index (χ1v) is 8.59. The topological polar surface area (TPSA) is 79.5 Å². The van der Waals surface area contributed by atoms with Crippen LogP contribution >= 0.6 is 0 Å². The molecule has 25 heavy (non-hydrogen) atoms. The van der Waals surface area contributed by atoms with Gasteiger partial charge in [-0.2, -0.15) is 5.10 Å². The Morgan fingerprint density at radius 3 is 2.64 bits per heavy atom. The smallest absolute Gasteiger partial charge is 0.256 e. The number of nitrogens with one attached hydrogen (secondary N) is 1. The quantitative estimate of drug-likeness (QED) is 0.770. The van der Waals surface area contributed by atoms with Crippen molar-refractivity contribution in [3.63, 3.8) is 0 Å². The molecular formula is C19H20N4O2. The van der Waals surface area contributed by atoms with Crippen molar-refractivity contribution in [3.8, 4) is 11.3 Å². The molecule has 1 aliphatic carbocycles. The molecule has 2 aromatic heterocycles. The number of benzene rings is 1. The van der Waals surface area contributed by atoms with Crippen LogP contribution in [0, 0.1) is 0 Å². The molecule has 1 amide bonds. The van der Waals surface area contributed by atoms with Crippen LogP contribution < -0.4 is 5.32 Å². The number of nitrogens with zero attached hydrogens (tertiary/aromatic N) is 3. The summed E-state index contributed by atoms with van der Waals surface area (Å²) in [5, 5.41) is 17.0. The first-order chi connectivity index (χ1) is 12.2. The number of aromatic nitrogens is 3. The Morgan fingerprint density at radius 2 is 1.88 bits per heavy atom. The highest BCUT2D eigenvalue weighted by molar-refractivity contribution is 6.00. The van der Waals surface area contributed by atoms with Gasteiger partial charge in [0, 0.05) is 17.8 Å². The molecule has 128 valence electrons. The van der Waals surface area contributed by atoms with Gasteiger partial charge in [0.2, 0.25) is 0 Å². The Balaban J connectivity index is 1.62. The van der Waals surface area contributed by atoms with E-state index in [1.54, 1.807) is 16.9 Å². The summed E-state index contributed by atoms with van der Waals surface area (Å²) in [6.07, 6.45) is 6.10. The first-order valence-electron chi connectivity index (χ1n) is 8.59. The summed E-state index contributed by atoms with van der Waals surface area (Å²) in [5.41, 5.74) is 2.94. The number of amides is 1. The second kappa shape index (κ2) is 6.64. The van der Waals surface area contributed by atoms with E-state index in [1.807, 2.05) is 36.4 Å². The van der Waals surface area contributed by atoms with E-state index in [9.17, 15) is 9.90 Å². The third kappa shape index (κ3) is 3.13. The molecule has 2 heterocycles. The van der Waals surface area contributed by atoms with Gasteiger partial charge in [-0.15, -0.1) is 0 Å². The molecule has 2 N–H and O–H groups in total. The fourth-order valence-electron chi connectivity index (χ4n) is 3.36. The van der Waals surface area contributed by atoms with Crippen molar-refractivity contribution in [2.24, 2.45) is 0 Å². The molecule has 0 unspecified atom stereocenters. The molecule has 1 aromatic carbocycles. The molecular weight excluding hydrogens is 316 g/mol. The summed E-state index contributed by atoms with van der Waals surface area (Å²) in [6.45, 7) is 0. The fraction of sp³-hybridized carbons (Fsp3) is 0.316. The van der Waals surface area contributed by atoms with E-state index < -0.39 is 0 Å². The SMILES string of the molecule is O=C(NC1CCC(O)CC1)c1cnn2c(-c3ccccc3)ccnc12. The Kier molecular flexibility index (Phi) is 4.19. The molecule has 0 radical (unpaired) electrons.